The Labute approximate surface area is 316 Å². The van der Waals surface area contributed by atoms with Crippen LogP contribution in [0.2, 0.25) is 0 Å². The van der Waals surface area contributed by atoms with E-state index in [1.54, 1.807) is 12.4 Å². The van der Waals surface area contributed by atoms with Crippen LogP contribution in [-0.2, 0) is 28.5 Å². The summed E-state index contributed by atoms with van der Waals surface area (Å²) in [6, 6.07) is 20.9. The molecule has 3 heterocycles. The average Bonchev–Trinajstić information content (AvgIpc) is 3.73. The fraction of sp³-hybridized carbons (Fsp3) is 0.415. The van der Waals surface area contributed by atoms with E-state index in [1.165, 1.54) is 49.2 Å². The molecule has 0 unspecified atom stereocenters. The van der Waals surface area contributed by atoms with Gasteiger partial charge in [0.1, 0.15) is 11.6 Å². The van der Waals surface area contributed by atoms with Crippen LogP contribution >= 0.6 is 0 Å². The summed E-state index contributed by atoms with van der Waals surface area (Å²) >= 11 is 0. The molecule has 2 aliphatic rings. The number of alkyl halides is 4. The number of aromatic nitrogens is 6. The largest absolute Gasteiger partial charge is 0.415 e. The van der Waals surface area contributed by atoms with E-state index in [-0.39, 0.29) is 22.3 Å². The number of nitrogens with zero attached hydrogens (tertiary/aromatic N) is 6. The quantitative estimate of drug-likeness (QED) is 0.0983. The molecule has 2 fully saturated rings. The van der Waals surface area contributed by atoms with Crippen molar-refractivity contribution in [3.63, 3.8) is 0 Å². The number of carbonyl (C=O) groups is 2. The van der Waals surface area contributed by atoms with Crippen LogP contribution in [-0.4, -0.2) is 54.8 Å². The molecule has 10 nitrogen and oxygen atoms in total. The van der Waals surface area contributed by atoms with Crippen molar-refractivity contribution in [3.05, 3.63) is 120 Å². The van der Waals surface area contributed by atoms with Gasteiger partial charge in [0.2, 0.25) is 0 Å². The van der Waals surface area contributed by atoms with Gasteiger partial charge in [0.15, 0.2) is 5.78 Å². The van der Waals surface area contributed by atoms with Gasteiger partial charge in [-0.25, -0.2) is 19.9 Å². The summed E-state index contributed by atoms with van der Waals surface area (Å²) in [4.78, 5) is 40.5. The number of benzene rings is 2. The van der Waals surface area contributed by atoms with Crippen molar-refractivity contribution >= 4 is 11.7 Å². The molecule has 0 spiro atoms. The molecule has 0 saturated heterocycles. The van der Waals surface area contributed by atoms with Crippen LogP contribution in [0, 0.1) is 0 Å². The van der Waals surface area contributed by atoms with Crippen molar-refractivity contribution in [1.82, 2.24) is 35.5 Å². The molecule has 0 aliphatic heterocycles. The van der Waals surface area contributed by atoms with Gasteiger partial charge in [-0.3, -0.25) is 9.59 Å². The predicted molar refractivity (Wildman–Crippen MR) is 195 cm³/mol. The molecule has 2 aromatic carbocycles. The van der Waals surface area contributed by atoms with Crippen LogP contribution in [0.5, 0.6) is 0 Å². The number of carbonyl (C=O) groups excluding carboxylic acids is 2. The zero-order valence-electron chi connectivity index (χ0n) is 30.3. The third kappa shape index (κ3) is 10.0. The highest BCUT2D eigenvalue weighted by Crippen LogP contribution is 2.43. The maximum Gasteiger partial charge on any atom is 0.315 e. The molecular formula is C41H43F4N7O3. The molecule has 55 heavy (non-hydrogen) atoms. The van der Waals surface area contributed by atoms with Gasteiger partial charge in [-0.05, 0) is 36.8 Å². The third-order valence-electron chi connectivity index (χ3n) is 10.6. The maximum atomic E-state index is 12.6. The molecule has 1 N–H and O–H groups in total. The first-order valence-corrected chi connectivity index (χ1v) is 18.6. The van der Waals surface area contributed by atoms with Gasteiger partial charge in [-0.15, -0.1) is 10.2 Å². The number of rotatable bonds is 12. The zero-order valence-corrected chi connectivity index (χ0v) is 30.3. The Hall–Kier alpha value is -5.40. The minimum atomic E-state index is -3.14. The topological polar surface area (TPSA) is 137 Å². The molecule has 14 heteroatoms. The lowest BCUT2D eigenvalue weighted by Crippen LogP contribution is -2.34. The van der Waals surface area contributed by atoms with Gasteiger partial charge in [0, 0.05) is 48.5 Å². The molecule has 5 aromatic rings. The van der Waals surface area contributed by atoms with Crippen molar-refractivity contribution < 1.29 is 31.6 Å². The number of halogens is 4. The summed E-state index contributed by atoms with van der Waals surface area (Å²) in [5.74, 6) is -1.27. The minimum absolute atomic E-state index is 0.00370. The molecular weight excluding hydrogens is 714 g/mol. The van der Waals surface area contributed by atoms with E-state index in [0.717, 1.165) is 50.8 Å². The number of hydrogen-bond acceptors (Lipinski definition) is 9. The lowest BCUT2D eigenvalue weighted by molar-refractivity contribution is -0.131. The zero-order chi connectivity index (χ0) is 38.7. The van der Waals surface area contributed by atoms with E-state index in [0.29, 0.717) is 17.8 Å². The molecule has 0 radical (unpaired) electrons. The second kappa shape index (κ2) is 18.3. The van der Waals surface area contributed by atoms with Gasteiger partial charge >= 0.3 is 12.9 Å². The summed E-state index contributed by atoms with van der Waals surface area (Å²) in [6.45, 7) is -0.500. The minimum Gasteiger partial charge on any atom is -0.415 e. The highest BCUT2D eigenvalue weighted by atomic mass is 19.3. The Morgan fingerprint density at radius 3 is 1.56 bits per heavy atom. The van der Waals surface area contributed by atoms with Crippen molar-refractivity contribution in [3.8, 4) is 11.5 Å². The first-order valence-electron chi connectivity index (χ1n) is 18.6. The Morgan fingerprint density at radius 1 is 0.655 bits per heavy atom. The molecule has 0 atom stereocenters. The first-order chi connectivity index (χ1) is 26.7. The molecule has 2 saturated carbocycles. The van der Waals surface area contributed by atoms with Gasteiger partial charge < -0.3 is 9.73 Å². The smallest absolute Gasteiger partial charge is 0.315 e. The summed E-state index contributed by atoms with van der Waals surface area (Å²) in [5.41, 5.74) is 3.29. The Morgan fingerprint density at radius 2 is 1.13 bits per heavy atom. The average molecular weight is 758 g/mol. The van der Waals surface area contributed by atoms with Gasteiger partial charge in [0.25, 0.3) is 17.7 Å². The van der Waals surface area contributed by atoms with E-state index in [2.05, 4.69) is 66.5 Å². The number of Topliss-reactive ketones (excluding diaryl/α,β-unsaturated/α-hetero) is 1. The van der Waals surface area contributed by atoms with Crippen molar-refractivity contribution in [1.29, 1.82) is 0 Å². The number of nitrogens with one attached hydrogen (secondary N) is 1. The van der Waals surface area contributed by atoms with E-state index in [9.17, 15) is 27.2 Å². The highest BCUT2D eigenvalue weighted by Gasteiger charge is 2.36. The Kier molecular flexibility index (Phi) is 13.1. The van der Waals surface area contributed by atoms with Gasteiger partial charge in [0.05, 0.1) is 17.7 Å². The molecule has 3 aromatic heterocycles. The molecule has 7 rings (SSSR count). The van der Waals surface area contributed by atoms with Crippen LogP contribution < -0.4 is 5.32 Å². The van der Waals surface area contributed by atoms with Gasteiger partial charge in [-0.2, -0.15) is 17.6 Å². The van der Waals surface area contributed by atoms with Crippen LogP contribution in [0.1, 0.15) is 110 Å². The van der Waals surface area contributed by atoms with Crippen molar-refractivity contribution in [2.75, 3.05) is 6.54 Å². The van der Waals surface area contributed by atoms with Crippen LogP contribution in [0.15, 0.2) is 89.9 Å². The molecule has 2 aliphatic carbocycles. The SMILES string of the molecule is FC(F)c1nnc(-c2cnc(CC3(c4ccccc4)CCCCC3)nc2)o1.O=C(CNC(=O)C(F)F)c1cnc(CC2(c3ccccc3)CCCCC2)nc1. The molecule has 1 amide bonds. The lowest BCUT2D eigenvalue weighted by atomic mass is 9.67. The number of ketones is 1. The Balaban J connectivity index is 0.000000187. The van der Waals surface area contributed by atoms with E-state index >= 15 is 0 Å². The third-order valence-corrected chi connectivity index (χ3v) is 10.6. The summed E-state index contributed by atoms with van der Waals surface area (Å²) in [5, 5.41) is 8.87. The predicted octanol–water partition coefficient (Wildman–Crippen LogP) is 8.39. The second-order valence-electron chi connectivity index (χ2n) is 14.2. The van der Waals surface area contributed by atoms with Crippen LogP contribution in [0.3, 0.4) is 0 Å². The van der Waals surface area contributed by atoms with Crippen molar-refractivity contribution in [2.24, 2.45) is 0 Å². The summed E-state index contributed by atoms with van der Waals surface area (Å²) in [7, 11) is 0. The fourth-order valence-corrected chi connectivity index (χ4v) is 7.71. The maximum absolute atomic E-state index is 12.6. The first kappa shape index (κ1) is 39.3. The van der Waals surface area contributed by atoms with E-state index < -0.39 is 37.0 Å². The number of amides is 1. The lowest BCUT2D eigenvalue weighted by Gasteiger charge is -2.37. The van der Waals surface area contributed by atoms with Gasteiger partial charge in [-0.1, -0.05) is 99.2 Å². The standard InChI is InChI=1S/C21H23F2N3O2.C20H20F2N4O/c22-19(23)20(28)26-14-17(27)15-12-24-18(25-13-15)11-21(9-5-2-6-10-21)16-7-3-1-4-8-16;21-17(22)19-26-25-18(27-19)14-12-23-16(24-13-14)11-20(9-5-2-6-10-20)15-7-3-1-4-8-15/h1,3-4,7-8,12-13,19H,2,5-6,9-11,14H2,(H,26,28);1,3-4,7-8,12-13,17H,2,5-6,9-11H2. The van der Waals surface area contributed by atoms with Crippen LogP contribution in [0.4, 0.5) is 17.6 Å². The van der Waals surface area contributed by atoms with E-state index in [4.69, 9.17) is 4.42 Å². The second-order valence-corrected chi connectivity index (χ2v) is 14.2. The highest BCUT2D eigenvalue weighted by molar-refractivity contribution is 5.99. The van der Waals surface area contributed by atoms with Crippen molar-refractivity contribution in [2.45, 2.75) is 101 Å². The summed E-state index contributed by atoms with van der Waals surface area (Å²) in [6.07, 6.45) is 13.0. The van der Waals surface area contributed by atoms with Crippen LogP contribution in [0.25, 0.3) is 11.5 Å². The van der Waals surface area contributed by atoms with E-state index in [1.807, 2.05) is 29.6 Å². The monoisotopic (exact) mass is 757 g/mol. The molecule has 288 valence electrons. The molecule has 0 bridgehead atoms. The Bertz CT molecular complexity index is 1970. The number of hydrogen-bond donors (Lipinski definition) is 1. The summed E-state index contributed by atoms with van der Waals surface area (Å²) < 4.78 is 54.5. The normalized spacial score (nSPS) is 16.3. The fourth-order valence-electron chi connectivity index (χ4n) is 7.71.